The monoisotopic (exact) mass is 250 g/mol. The summed E-state index contributed by atoms with van der Waals surface area (Å²) >= 11 is 1.63. The highest BCUT2D eigenvalue weighted by Gasteiger charge is 2.16. The van der Waals surface area contributed by atoms with Gasteiger partial charge in [-0.25, -0.2) is 4.98 Å². The lowest BCUT2D eigenvalue weighted by molar-refractivity contribution is -0.137. The fourth-order valence-corrected chi connectivity index (χ4v) is 2.50. The summed E-state index contributed by atoms with van der Waals surface area (Å²) in [5.41, 5.74) is 1.91. The average Bonchev–Trinajstić information content (AvgIpc) is 2.84. The Labute approximate surface area is 103 Å². The minimum absolute atomic E-state index is 0.0941. The van der Waals surface area contributed by atoms with Crippen LogP contribution in [0.2, 0.25) is 0 Å². The van der Waals surface area contributed by atoms with E-state index < -0.39 is 5.97 Å². The van der Waals surface area contributed by atoms with Gasteiger partial charge in [0.25, 0.3) is 0 Å². The number of hydrogen-bond acceptors (Lipinski definition) is 3. The van der Waals surface area contributed by atoms with E-state index in [1.165, 1.54) is 0 Å². The van der Waals surface area contributed by atoms with E-state index in [9.17, 15) is 4.79 Å². The molecule has 2 rings (SSSR count). The highest BCUT2D eigenvalue weighted by molar-refractivity contribution is 7.13. The largest absolute Gasteiger partial charge is 0.481 e. The standard InChI is InChI=1S/C12H14N2O2S/c1-7(6-10(15)16)12-13-8(2)11(14-12)9-4-3-5-17-9/h3-5,7H,6H2,1-2H3,(H,13,14)(H,15,16). The van der Waals surface area contributed by atoms with E-state index >= 15 is 0 Å². The molecule has 0 saturated heterocycles. The summed E-state index contributed by atoms with van der Waals surface area (Å²) in [6.07, 6.45) is 0.0941. The van der Waals surface area contributed by atoms with E-state index in [1.54, 1.807) is 11.3 Å². The lowest BCUT2D eigenvalue weighted by Gasteiger charge is -2.03. The van der Waals surface area contributed by atoms with Crippen molar-refractivity contribution in [2.45, 2.75) is 26.2 Å². The number of aromatic nitrogens is 2. The van der Waals surface area contributed by atoms with Crippen molar-refractivity contribution in [2.75, 3.05) is 0 Å². The van der Waals surface area contributed by atoms with Crippen LogP contribution in [0.3, 0.4) is 0 Å². The maximum atomic E-state index is 10.7. The Morgan fingerprint density at radius 1 is 1.65 bits per heavy atom. The molecule has 0 spiro atoms. The maximum absolute atomic E-state index is 10.7. The molecule has 1 atom stereocenters. The lowest BCUT2D eigenvalue weighted by atomic mass is 10.1. The van der Waals surface area contributed by atoms with Crippen molar-refractivity contribution in [1.29, 1.82) is 0 Å². The van der Waals surface area contributed by atoms with Crippen LogP contribution in [0.15, 0.2) is 17.5 Å². The van der Waals surface area contributed by atoms with Gasteiger partial charge in [0.15, 0.2) is 0 Å². The Balaban J connectivity index is 2.27. The Hall–Kier alpha value is -1.62. The molecule has 0 aliphatic heterocycles. The summed E-state index contributed by atoms with van der Waals surface area (Å²) in [5.74, 6) is -0.155. The van der Waals surface area contributed by atoms with Crippen LogP contribution in [0.1, 0.15) is 30.8 Å². The van der Waals surface area contributed by atoms with Crippen LogP contribution in [-0.4, -0.2) is 21.0 Å². The highest BCUT2D eigenvalue weighted by atomic mass is 32.1. The number of thiophene rings is 1. The van der Waals surface area contributed by atoms with Crippen molar-refractivity contribution in [3.8, 4) is 10.6 Å². The molecule has 2 aromatic heterocycles. The summed E-state index contributed by atoms with van der Waals surface area (Å²) in [6, 6.07) is 3.99. The van der Waals surface area contributed by atoms with Gasteiger partial charge < -0.3 is 10.1 Å². The quantitative estimate of drug-likeness (QED) is 0.876. The van der Waals surface area contributed by atoms with Crippen LogP contribution in [0.25, 0.3) is 10.6 Å². The van der Waals surface area contributed by atoms with E-state index in [0.717, 1.165) is 22.1 Å². The first-order chi connectivity index (χ1) is 8.08. The number of H-pyrrole nitrogens is 1. The van der Waals surface area contributed by atoms with Gasteiger partial charge in [0, 0.05) is 11.6 Å². The van der Waals surface area contributed by atoms with Gasteiger partial charge in [-0.3, -0.25) is 4.79 Å². The van der Waals surface area contributed by atoms with Gasteiger partial charge in [0.1, 0.15) is 11.5 Å². The third kappa shape index (κ3) is 2.55. The first-order valence-electron chi connectivity index (χ1n) is 5.40. The van der Waals surface area contributed by atoms with Crippen LogP contribution in [0, 0.1) is 6.92 Å². The second-order valence-corrected chi connectivity index (χ2v) is 5.02. The number of carbonyl (C=O) groups is 1. The molecule has 0 saturated carbocycles. The minimum atomic E-state index is -0.802. The molecule has 1 unspecified atom stereocenters. The van der Waals surface area contributed by atoms with E-state index in [0.29, 0.717) is 0 Å². The zero-order chi connectivity index (χ0) is 12.4. The number of hydrogen-bond donors (Lipinski definition) is 2. The zero-order valence-electron chi connectivity index (χ0n) is 9.73. The maximum Gasteiger partial charge on any atom is 0.304 e. The van der Waals surface area contributed by atoms with E-state index in [4.69, 9.17) is 5.11 Å². The van der Waals surface area contributed by atoms with Crippen molar-refractivity contribution in [3.63, 3.8) is 0 Å². The van der Waals surface area contributed by atoms with Gasteiger partial charge in [0.2, 0.25) is 0 Å². The van der Waals surface area contributed by atoms with E-state index in [1.807, 2.05) is 31.4 Å². The number of carboxylic acid groups (broad SMARTS) is 1. The molecular weight excluding hydrogens is 236 g/mol. The molecule has 2 N–H and O–H groups in total. The normalized spacial score (nSPS) is 12.6. The van der Waals surface area contributed by atoms with Crippen molar-refractivity contribution >= 4 is 17.3 Å². The number of aryl methyl sites for hydroxylation is 1. The van der Waals surface area contributed by atoms with E-state index in [-0.39, 0.29) is 12.3 Å². The summed E-state index contributed by atoms with van der Waals surface area (Å²) in [5, 5.41) is 10.8. The summed E-state index contributed by atoms with van der Waals surface area (Å²) < 4.78 is 0. The lowest BCUT2D eigenvalue weighted by Crippen LogP contribution is -2.04. The number of nitrogens with zero attached hydrogens (tertiary/aromatic N) is 1. The molecule has 2 heterocycles. The van der Waals surface area contributed by atoms with Crippen LogP contribution in [0.5, 0.6) is 0 Å². The van der Waals surface area contributed by atoms with Crippen LogP contribution in [0.4, 0.5) is 0 Å². The average molecular weight is 250 g/mol. The van der Waals surface area contributed by atoms with Crippen molar-refractivity contribution < 1.29 is 9.90 Å². The Morgan fingerprint density at radius 2 is 2.41 bits per heavy atom. The number of aliphatic carboxylic acids is 1. The van der Waals surface area contributed by atoms with Gasteiger partial charge in [-0.15, -0.1) is 11.3 Å². The second-order valence-electron chi connectivity index (χ2n) is 4.07. The van der Waals surface area contributed by atoms with Crippen LogP contribution in [-0.2, 0) is 4.79 Å². The number of carboxylic acids is 1. The molecule has 2 aromatic rings. The molecule has 0 radical (unpaired) electrons. The molecule has 90 valence electrons. The number of nitrogens with one attached hydrogen (secondary N) is 1. The summed E-state index contributed by atoms with van der Waals surface area (Å²) in [4.78, 5) is 19.4. The molecule has 0 aliphatic carbocycles. The minimum Gasteiger partial charge on any atom is -0.481 e. The Morgan fingerprint density at radius 3 is 3.00 bits per heavy atom. The number of imidazole rings is 1. The first kappa shape index (κ1) is 11.9. The Bertz CT molecular complexity index is 517. The van der Waals surface area contributed by atoms with Crippen LogP contribution >= 0.6 is 11.3 Å². The van der Waals surface area contributed by atoms with Gasteiger partial charge in [0.05, 0.1) is 11.3 Å². The first-order valence-corrected chi connectivity index (χ1v) is 6.28. The molecule has 17 heavy (non-hydrogen) atoms. The smallest absolute Gasteiger partial charge is 0.304 e. The number of rotatable bonds is 4. The predicted molar refractivity (Wildman–Crippen MR) is 67.3 cm³/mol. The van der Waals surface area contributed by atoms with Gasteiger partial charge in [-0.1, -0.05) is 13.0 Å². The molecule has 0 bridgehead atoms. The Kier molecular flexibility index (Phi) is 3.28. The molecule has 0 aliphatic rings. The van der Waals surface area contributed by atoms with Crippen molar-refractivity contribution in [2.24, 2.45) is 0 Å². The molecule has 4 nitrogen and oxygen atoms in total. The molecular formula is C12H14N2O2S. The number of aromatic amines is 1. The molecule has 0 fully saturated rings. The van der Waals surface area contributed by atoms with Gasteiger partial charge in [-0.2, -0.15) is 0 Å². The van der Waals surface area contributed by atoms with Crippen molar-refractivity contribution in [3.05, 3.63) is 29.0 Å². The van der Waals surface area contributed by atoms with E-state index in [2.05, 4.69) is 9.97 Å². The fraction of sp³-hybridized carbons (Fsp3) is 0.333. The molecule has 0 aromatic carbocycles. The zero-order valence-corrected chi connectivity index (χ0v) is 10.5. The summed E-state index contributed by atoms with van der Waals surface area (Å²) in [7, 11) is 0. The van der Waals surface area contributed by atoms with Crippen molar-refractivity contribution in [1.82, 2.24) is 9.97 Å². The topological polar surface area (TPSA) is 66.0 Å². The molecule has 0 amide bonds. The fourth-order valence-electron chi connectivity index (χ4n) is 1.73. The highest BCUT2D eigenvalue weighted by Crippen LogP contribution is 2.28. The van der Waals surface area contributed by atoms with Gasteiger partial charge >= 0.3 is 5.97 Å². The third-order valence-electron chi connectivity index (χ3n) is 2.61. The van der Waals surface area contributed by atoms with Gasteiger partial charge in [-0.05, 0) is 18.4 Å². The third-order valence-corrected chi connectivity index (χ3v) is 3.48. The summed E-state index contributed by atoms with van der Waals surface area (Å²) in [6.45, 7) is 3.82. The molecule has 5 heteroatoms. The second kappa shape index (κ2) is 4.71. The SMILES string of the molecule is Cc1[nH]c(C(C)CC(=O)O)nc1-c1cccs1. The van der Waals surface area contributed by atoms with Crippen LogP contribution < -0.4 is 0 Å². The predicted octanol–water partition coefficient (Wildman–Crippen LogP) is 3.02.